The zero-order valence-electron chi connectivity index (χ0n) is 15.0. The van der Waals surface area contributed by atoms with Crippen LogP contribution in [-0.2, 0) is 11.8 Å². The fourth-order valence-electron chi connectivity index (χ4n) is 2.92. The van der Waals surface area contributed by atoms with Crippen LogP contribution in [0.4, 0.5) is 8.78 Å². The van der Waals surface area contributed by atoms with Crippen LogP contribution in [0.2, 0.25) is 0 Å². The Bertz CT molecular complexity index is 522. The molecule has 1 atom stereocenters. The summed E-state index contributed by atoms with van der Waals surface area (Å²) in [4.78, 5) is 0. The number of nitrogens with two attached hydrogens (primary N) is 1. The Morgan fingerprint density at radius 1 is 1.21 bits per heavy atom. The predicted molar refractivity (Wildman–Crippen MR) is 95.7 cm³/mol. The summed E-state index contributed by atoms with van der Waals surface area (Å²) in [6.07, 6.45) is 0.412. The highest BCUT2D eigenvalue weighted by molar-refractivity contribution is 5.36. The van der Waals surface area contributed by atoms with Gasteiger partial charge in [-0.1, -0.05) is 39.0 Å². The van der Waals surface area contributed by atoms with E-state index in [1.165, 1.54) is 0 Å². The Hall–Kier alpha value is -1.04. The van der Waals surface area contributed by atoms with E-state index in [0.717, 1.165) is 43.5 Å². The minimum atomic E-state index is -2.42. The van der Waals surface area contributed by atoms with Crippen LogP contribution in [0.25, 0.3) is 0 Å². The number of benzene rings is 1. The summed E-state index contributed by atoms with van der Waals surface area (Å²) in [6, 6.07) is 5.27. The zero-order valence-corrected chi connectivity index (χ0v) is 15.0. The summed E-state index contributed by atoms with van der Waals surface area (Å²) in [5, 5.41) is 6.23. The number of aryl methyl sites for hydroxylation is 1. The van der Waals surface area contributed by atoms with Crippen molar-refractivity contribution in [2.75, 3.05) is 19.6 Å². The summed E-state index contributed by atoms with van der Waals surface area (Å²) in [5.74, 6) is 0. The Balaban J connectivity index is 2.28. The van der Waals surface area contributed by atoms with E-state index in [4.69, 9.17) is 5.73 Å². The highest BCUT2D eigenvalue weighted by atomic mass is 19.3. The lowest BCUT2D eigenvalue weighted by Crippen LogP contribution is -2.57. The third-order valence-corrected chi connectivity index (χ3v) is 4.61. The lowest BCUT2D eigenvalue weighted by Gasteiger charge is -2.33. The molecule has 1 aliphatic rings. The van der Waals surface area contributed by atoms with Gasteiger partial charge in [-0.15, -0.1) is 0 Å². The molecule has 1 aromatic carbocycles. The van der Waals surface area contributed by atoms with E-state index in [0.29, 0.717) is 12.1 Å². The van der Waals surface area contributed by atoms with Crippen molar-refractivity contribution in [3.05, 3.63) is 34.9 Å². The molecule has 0 amide bonds. The highest BCUT2D eigenvalue weighted by Gasteiger charge is 2.29. The first-order chi connectivity index (χ1) is 11.3. The Kier molecular flexibility index (Phi) is 6.72. The van der Waals surface area contributed by atoms with Crippen LogP contribution in [0.1, 0.15) is 56.3 Å². The van der Waals surface area contributed by atoms with Crippen molar-refractivity contribution in [3.63, 3.8) is 0 Å². The van der Waals surface area contributed by atoms with Crippen LogP contribution in [0.5, 0.6) is 0 Å². The molecule has 1 fully saturated rings. The van der Waals surface area contributed by atoms with E-state index in [9.17, 15) is 8.78 Å². The predicted octanol–water partition coefficient (Wildman–Crippen LogP) is 3.13. The van der Waals surface area contributed by atoms with Crippen LogP contribution in [0.3, 0.4) is 0 Å². The maximum Gasteiger partial charge on any atom is 0.257 e. The first-order valence-electron chi connectivity index (χ1n) is 8.90. The number of rotatable bonds is 8. The highest BCUT2D eigenvalue weighted by Crippen LogP contribution is 2.30. The first-order valence-corrected chi connectivity index (χ1v) is 8.90. The first kappa shape index (κ1) is 19.3. The maximum absolute atomic E-state index is 13.7. The summed E-state index contributed by atoms with van der Waals surface area (Å²) in [6.45, 7) is 8.54. The van der Waals surface area contributed by atoms with Crippen LogP contribution in [-0.4, -0.2) is 32.1 Å². The van der Waals surface area contributed by atoms with E-state index in [2.05, 4.69) is 37.5 Å². The van der Waals surface area contributed by atoms with Crippen LogP contribution in [0.15, 0.2) is 18.2 Å². The van der Waals surface area contributed by atoms with Crippen molar-refractivity contribution in [2.24, 2.45) is 5.73 Å². The van der Waals surface area contributed by atoms with Gasteiger partial charge in [-0.05, 0) is 47.9 Å². The van der Waals surface area contributed by atoms with Crippen molar-refractivity contribution in [1.82, 2.24) is 10.6 Å². The molecule has 0 aliphatic carbocycles. The van der Waals surface area contributed by atoms with Gasteiger partial charge in [0, 0.05) is 19.1 Å². The average molecular weight is 339 g/mol. The summed E-state index contributed by atoms with van der Waals surface area (Å²) >= 11 is 0. The quantitative estimate of drug-likeness (QED) is 0.638. The molecule has 1 unspecified atom stereocenters. The molecule has 4 N–H and O–H groups in total. The molecule has 24 heavy (non-hydrogen) atoms. The van der Waals surface area contributed by atoms with Gasteiger partial charge in [-0.2, -0.15) is 0 Å². The lowest BCUT2D eigenvalue weighted by molar-refractivity contribution is 0.0867. The Morgan fingerprint density at radius 2 is 1.92 bits per heavy atom. The number of hydrogen-bond donors (Lipinski definition) is 3. The molecule has 2 rings (SSSR count). The van der Waals surface area contributed by atoms with Gasteiger partial charge >= 0.3 is 0 Å². The van der Waals surface area contributed by atoms with Gasteiger partial charge in [0.15, 0.2) is 0 Å². The molecule has 0 aromatic heterocycles. The number of alkyl halides is 2. The molecular weight excluding hydrogens is 308 g/mol. The molecule has 1 heterocycles. The fraction of sp³-hybridized carbons (Fsp3) is 0.684. The normalized spacial score (nSPS) is 17.1. The molecule has 5 heteroatoms. The molecular formula is C19H31F2N3. The maximum atomic E-state index is 13.7. The summed E-state index contributed by atoms with van der Waals surface area (Å²) in [7, 11) is 0. The fourth-order valence-corrected chi connectivity index (χ4v) is 2.92. The van der Waals surface area contributed by atoms with Gasteiger partial charge in [0.05, 0.1) is 6.04 Å². The zero-order chi connectivity index (χ0) is 17.7. The van der Waals surface area contributed by atoms with Crippen molar-refractivity contribution in [1.29, 1.82) is 0 Å². The molecule has 1 aliphatic heterocycles. The minimum Gasteiger partial charge on any atom is -0.330 e. The topological polar surface area (TPSA) is 50.1 Å². The monoisotopic (exact) mass is 339 g/mol. The Morgan fingerprint density at radius 3 is 2.42 bits per heavy atom. The van der Waals surface area contributed by atoms with Gasteiger partial charge in [-0.3, -0.25) is 5.32 Å². The van der Waals surface area contributed by atoms with Crippen LogP contribution >= 0.6 is 0 Å². The molecule has 0 spiro atoms. The van der Waals surface area contributed by atoms with Gasteiger partial charge in [0.1, 0.15) is 0 Å². The summed E-state index contributed by atoms with van der Waals surface area (Å²) < 4.78 is 27.3. The van der Waals surface area contributed by atoms with E-state index in [1.807, 2.05) is 12.1 Å². The standard InChI is InChI=1S/C19H31F2N3/c1-19(2,3)15-9-13(6-4-5-7-22)8-14(10-15)17(18(20)21)24-16-11-23-12-16/h8-10,16-18,23-24H,4-7,11-12,22H2,1-3H3. The third kappa shape index (κ3) is 5.23. The average Bonchev–Trinajstić information content (AvgIpc) is 2.44. The second kappa shape index (κ2) is 8.37. The molecule has 1 saturated heterocycles. The van der Waals surface area contributed by atoms with Gasteiger partial charge in [-0.25, -0.2) is 8.78 Å². The van der Waals surface area contributed by atoms with E-state index in [-0.39, 0.29) is 11.5 Å². The van der Waals surface area contributed by atoms with Crippen molar-refractivity contribution in [2.45, 2.75) is 64.0 Å². The number of halogens is 2. The lowest BCUT2D eigenvalue weighted by atomic mass is 9.83. The second-order valence-electron chi connectivity index (χ2n) is 7.79. The summed E-state index contributed by atoms with van der Waals surface area (Å²) in [5.41, 5.74) is 8.45. The van der Waals surface area contributed by atoms with Gasteiger partial charge in [0.2, 0.25) is 0 Å². The molecule has 3 nitrogen and oxygen atoms in total. The van der Waals surface area contributed by atoms with Crippen LogP contribution < -0.4 is 16.4 Å². The number of nitrogens with one attached hydrogen (secondary N) is 2. The smallest absolute Gasteiger partial charge is 0.257 e. The van der Waals surface area contributed by atoms with E-state index >= 15 is 0 Å². The van der Waals surface area contributed by atoms with Crippen molar-refractivity contribution >= 4 is 0 Å². The van der Waals surface area contributed by atoms with E-state index in [1.54, 1.807) is 0 Å². The molecule has 0 saturated carbocycles. The third-order valence-electron chi connectivity index (χ3n) is 4.61. The molecule has 0 radical (unpaired) electrons. The Labute approximate surface area is 144 Å². The van der Waals surface area contributed by atoms with Gasteiger partial charge < -0.3 is 11.1 Å². The molecule has 1 aromatic rings. The van der Waals surface area contributed by atoms with Crippen molar-refractivity contribution in [3.8, 4) is 0 Å². The SMILES string of the molecule is CC(C)(C)c1cc(CCCCN)cc(C(NC2CNC2)C(F)F)c1. The number of hydrogen-bond acceptors (Lipinski definition) is 3. The minimum absolute atomic E-state index is 0.0661. The van der Waals surface area contributed by atoms with Gasteiger partial charge in [0.25, 0.3) is 6.43 Å². The molecule has 0 bridgehead atoms. The second-order valence-corrected chi connectivity index (χ2v) is 7.79. The molecule has 136 valence electrons. The van der Waals surface area contributed by atoms with Crippen molar-refractivity contribution < 1.29 is 8.78 Å². The van der Waals surface area contributed by atoms with Crippen LogP contribution in [0, 0.1) is 0 Å². The largest absolute Gasteiger partial charge is 0.330 e. The van der Waals surface area contributed by atoms with E-state index < -0.39 is 12.5 Å². The number of unbranched alkanes of at least 4 members (excludes halogenated alkanes) is 1.